The van der Waals surface area contributed by atoms with Crippen LogP contribution >= 0.6 is 0 Å². The summed E-state index contributed by atoms with van der Waals surface area (Å²) in [5.74, 6) is -0.0694. The van der Waals surface area contributed by atoms with Crippen molar-refractivity contribution in [2.45, 2.75) is 26.8 Å². The third-order valence-corrected chi connectivity index (χ3v) is 3.64. The number of nitrogens with one attached hydrogen (secondary N) is 2. The number of nitrogens with two attached hydrogens (primary N) is 1. The van der Waals surface area contributed by atoms with Crippen molar-refractivity contribution in [2.24, 2.45) is 11.7 Å². The van der Waals surface area contributed by atoms with Gasteiger partial charge in [0.15, 0.2) is 5.82 Å². The summed E-state index contributed by atoms with van der Waals surface area (Å²) in [5.41, 5.74) is 8.01. The average Bonchev–Trinajstić information content (AvgIpc) is 2.59. The third-order valence-electron chi connectivity index (χ3n) is 3.64. The van der Waals surface area contributed by atoms with Gasteiger partial charge in [-0.2, -0.15) is 0 Å². The maximum atomic E-state index is 12.0. The predicted molar refractivity (Wildman–Crippen MR) is 96.7 cm³/mol. The van der Waals surface area contributed by atoms with Gasteiger partial charge in [0, 0.05) is 23.1 Å². The number of rotatable bonds is 6. The van der Waals surface area contributed by atoms with Gasteiger partial charge in [-0.3, -0.25) is 9.59 Å². The molecule has 1 heterocycles. The highest BCUT2D eigenvalue weighted by Gasteiger charge is 2.17. The van der Waals surface area contributed by atoms with Crippen molar-refractivity contribution < 1.29 is 9.59 Å². The van der Waals surface area contributed by atoms with Crippen LogP contribution in [0.15, 0.2) is 36.5 Å². The SMILES string of the molecule is Cc1ccnc(-c2cccc(NC(=O)CNC(=O)[C@@H](N)C(C)C)c2)n1. The second-order valence-corrected chi connectivity index (χ2v) is 6.14. The highest BCUT2D eigenvalue weighted by atomic mass is 16.2. The quantitative estimate of drug-likeness (QED) is 0.737. The summed E-state index contributed by atoms with van der Waals surface area (Å²) < 4.78 is 0. The third kappa shape index (κ3) is 5.36. The molecule has 0 unspecified atom stereocenters. The summed E-state index contributed by atoms with van der Waals surface area (Å²) in [4.78, 5) is 32.4. The number of amides is 2. The molecule has 1 aromatic heterocycles. The molecule has 0 aliphatic carbocycles. The number of benzene rings is 1. The highest BCUT2D eigenvalue weighted by molar-refractivity contribution is 5.95. The number of anilines is 1. The predicted octanol–water partition coefficient (Wildman–Crippen LogP) is 1.49. The fourth-order valence-corrected chi connectivity index (χ4v) is 2.12. The van der Waals surface area contributed by atoms with Crippen molar-refractivity contribution in [3.8, 4) is 11.4 Å². The zero-order valence-electron chi connectivity index (χ0n) is 14.6. The Morgan fingerprint density at radius 1 is 1.24 bits per heavy atom. The van der Waals surface area contributed by atoms with Crippen LogP contribution in [0.2, 0.25) is 0 Å². The molecule has 2 aromatic rings. The fourth-order valence-electron chi connectivity index (χ4n) is 2.12. The maximum absolute atomic E-state index is 12.0. The number of hydrogen-bond acceptors (Lipinski definition) is 5. The van der Waals surface area contributed by atoms with E-state index in [0.717, 1.165) is 11.3 Å². The van der Waals surface area contributed by atoms with E-state index in [9.17, 15) is 9.59 Å². The molecule has 0 aliphatic rings. The van der Waals surface area contributed by atoms with E-state index in [0.29, 0.717) is 11.5 Å². The summed E-state index contributed by atoms with van der Waals surface area (Å²) in [6.07, 6.45) is 1.69. The van der Waals surface area contributed by atoms with E-state index < -0.39 is 6.04 Å². The average molecular weight is 341 g/mol. The standard InChI is InChI=1S/C18H23N5O2/c1-11(2)16(19)18(25)21-10-15(24)23-14-6-4-5-13(9-14)17-20-8-7-12(3)22-17/h4-9,11,16H,10,19H2,1-3H3,(H,21,25)(H,23,24)/t16-/m0/s1. The zero-order valence-corrected chi connectivity index (χ0v) is 14.6. The number of carbonyl (C=O) groups is 2. The molecular weight excluding hydrogens is 318 g/mol. The van der Waals surface area contributed by atoms with E-state index in [-0.39, 0.29) is 24.3 Å². The Morgan fingerprint density at radius 3 is 2.68 bits per heavy atom. The number of nitrogens with zero attached hydrogens (tertiary/aromatic N) is 2. The Morgan fingerprint density at radius 2 is 2.00 bits per heavy atom. The molecule has 7 heteroatoms. The van der Waals surface area contributed by atoms with Gasteiger partial charge in [0.2, 0.25) is 11.8 Å². The van der Waals surface area contributed by atoms with Crippen LogP contribution in [0, 0.1) is 12.8 Å². The molecule has 0 bridgehead atoms. The second kappa shape index (κ2) is 8.34. The van der Waals surface area contributed by atoms with E-state index >= 15 is 0 Å². The molecule has 0 saturated heterocycles. The highest BCUT2D eigenvalue weighted by Crippen LogP contribution is 2.19. The fraction of sp³-hybridized carbons (Fsp3) is 0.333. The molecule has 1 atom stereocenters. The Labute approximate surface area is 147 Å². The lowest BCUT2D eigenvalue weighted by molar-refractivity contribution is -0.125. The molecule has 0 aliphatic heterocycles. The van der Waals surface area contributed by atoms with Gasteiger partial charge in [-0.25, -0.2) is 9.97 Å². The molecule has 0 saturated carbocycles. The van der Waals surface area contributed by atoms with E-state index in [1.807, 2.05) is 39.0 Å². The molecular formula is C18H23N5O2. The van der Waals surface area contributed by atoms with Crippen LogP contribution in [0.3, 0.4) is 0 Å². The minimum atomic E-state index is -0.630. The Bertz CT molecular complexity index is 761. The molecule has 7 nitrogen and oxygen atoms in total. The number of hydrogen-bond donors (Lipinski definition) is 3. The Balaban J connectivity index is 1.98. The van der Waals surface area contributed by atoms with Gasteiger partial charge in [-0.1, -0.05) is 26.0 Å². The molecule has 1 aromatic carbocycles. The monoisotopic (exact) mass is 341 g/mol. The minimum absolute atomic E-state index is 0.00840. The number of aryl methyl sites for hydroxylation is 1. The van der Waals surface area contributed by atoms with Crippen molar-refractivity contribution in [1.29, 1.82) is 0 Å². The lowest BCUT2D eigenvalue weighted by Crippen LogP contribution is -2.46. The van der Waals surface area contributed by atoms with Gasteiger partial charge in [0.05, 0.1) is 12.6 Å². The summed E-state index contributed by atoms with van der Waals surface area (Å²) in [6, 6.07) is 8.42. The largest absolute Gasteiger partial charge is 0.346 e. The molecule has 25 heavy (non-hydrogen) atoms. The van der Waals surface area contributed by atoms with Crippen LogP contribution in [0.5, 0.6) is 0 Å². The van der Waals surface area contributed by atoms with Crippen molar-refractivity contribution >= 4 is 17.5 Å². The first-order valence-corrected chi connectivity index (χ1v) is 8.10. The lowest BCUT2D eigenvalue weighted by atomic mass is 10.1. The van der Waals surface area contributed by atoms with E-state index in [1.165, 1.54) is 0 Å². The number of carbonyl (C=O) groups excluding carboxylic acids is 2. The van der Waals surface area contributed by atoms with Gasteiger partial charge >= 0.3 is 0 Å². The maximum Gasteiger partial charge on any atom is 0.243 e. The summed E-state index contributed by atoms with van der Waals surface area (Å²) >= 11 is 0. The van der Waals surface area contributed by atoms with Crippen LogP contribution < -0.4 is 16.4 Å². The van der Waals surface area contributed by atoms with Crippen molar-refractivity contribution in [1.82, 2.24) is 15.3 Å². The summed E-state index contributed by atoms with van der Waals surface area (Å²) in [6.45, 7) is 5.46. The molecule has 132 valence electrons. The Kier molecular flexibility index (Phi) is 6.19. The van der Waals surface area contributed by atoms with Gasteiger partial charge in [0.25, 0.3) is 0 Å². The number of aromatic nitrogens is 2. The smallest absolute Gasteiger partial charge is 0.243 e. The molecule has 2 rings (SSSR count). The van der Waals surface area contributed by atoms with Crippen LogP contribution in [-0.4, -0.2) is 34.4 Å². The minimum Gasteiger partial charge on any atom is -0.346 e. The molecule has 0 fully saturated rings. The topological polar surface area (TPSA) is 110 Å². The van der Waals surface area contributed by atoms with Gasteiger partial charge in [-0.15, -0.1) is 0 Å². The van der Waals surface area contributed by atoms with Crippen LogP contribution in [0.4, 0.5) is 5.69 Å². The van der Waals surface area contributed by atoms with E-state index in [2.05, 4.69) is 20.6 Å². The van der Waals surface area contributed by atoms with Gasteiger partial charge in [0.1, 0.15) is 0 Å². The molecule has 0 spiro atoms. The van der Waals surface area contributed by atoms with Crippen molar-refractivity contribution in [3.05, 3.63) is 42.2 Å². The molecule has 0 radical (unpaired) electrons. The van der Waals surface area contributed by atoms with Crippen LogP contribution in [0.1, 0.15) is 19.5 Å². The normalized spacial score (nSPS) is 11.9. The van der Waals surface area contributed by atoms with Crippen LogP contribution in [0.25, 0.3) is 11.4 Å². The van der Waals surface area contributed by atoms with Crippen molar-refractivity contribution in [2.75, 3.05) is 11.9 Å². The van der Waals surface area contributed by atoms with E-state index in [4.69, 9.17) is 5.73 Å². The Hall–Kier alpha value is -2.80. The summed E-state index contributed by atoms with van der Waals surface area (Å²) in [7, 11) is 0. The first-order valence-electron chi connectivity index (χ1n) is 8.10. The van der Waals surface area contributed by atoms with Crippen molar-refractivity contribution in [3.63, 3.8) is 0 Å². The molecule has 4 N–H and O–H groups in total. The second-order valence-electron chi connectivity index (χ2n) is 6.14. The zero-order chi connectivity index (χ0) is 18.4. The van der Waals surface area contributed by atoms with Gasteiger partial charge in [-0.05, 0) is 31.0 Å². The molecule has 2 amide bonds. The van der Waals surface area contributed by atoms with E-state index in [1.54, 1.807) is 18.3 Å². The summed E-state index contributed by atoms with van der Waals surface area (Å²) in [5, 5.41) is 5.28. The van der Waals surface area contributed by atoms with Crippen LogP contribution in [-0.2, 0) is 9.59 Å². The van der Waals surface area contributed by atoms with Gasteiger partial charge < -0.3 is 16.4 Å². The first-order chi connectivity index (χ1) is 11.9. The lowest BCUT2D eigenvalue weighted by Gasteiger charge is -2.15. The first kappa shape index (κ1) is 18.5.